The van der Waals surface area contributed by atoms with Gasteiger partial charge in [0.1, 0.15) is 11.2 Å². The van der Waals surface area contributed by atoms with Gasteiger partial charge in [-0.25, -0.2) is 0 Å². The molecule has 1 aliphatic rings. The van der Waals surface area contributed by atoms with E-state index in [0.717, 1.165) is 11.2 Å². The Bertz CT molecular complexity index is 3230. The lowest BCUT2D eigenvalue weighted by molar-refractivity contribution is 0.665. The van der Waals surface area contributed by atoms with Crippen LogP contribution in [0.2, 0.25) is 0 Å². The molecule has 0 spiro atoms. The maximum atomic E-state index is 6.27. The predicted molar refractivity (Wildman–Crippen MR) is 240 cm³/mol. The lowest BCUT2D eigenvalue weighted by Crippen LogP contribution is -2.26. The van der Waals surface area contributed by atoms with Crippen LogP contribution in [0.1, 0.15) is 38.8 Å². The van der Waals surface area contributed by atoms with Crippen molar-refractivity contribution in [3.63, 3.8) is 0 Å². The maximum Gasteiger partial charge on any atom is 0.136 e. The van der Waals surface area contributed by atoms with Crippen LogP contribution in [-0.2, 0) is 5.41 Å². The smallest absolute Gasteiger partial charge is 0.136 e. The number of para-hydroxylation sites is 1. The molecule has 1 nitrogen and oxygen atoms in total. The van der Waals surface area contributed by atoms with Crippen molar-refractivity contribution >= 4 is 55.6 Å². The van der Waals surface area contributed by atoms with Gasteiger partial charge in [0.25, 0.3) is 0 Å². The molecule has 8 aromatic carbocycles. The Morgan fingerprint density at radius 3 is 1.75 bits per heavy atom. The van der Waals surface area contributed by atoms with Gasteiger partial charge in [-0.05, 0) is 132 Å². The number of rotatable bonds is 3. The zero-order valence-electron chi connectivity index (χ0n) is 32.2. The second-order valence-corrected chi connectivity index (χ2v) is 15.5. The molecule has 1 aromatic heterocycles. The first-order valence-corrected chi connectivity index (χ1v) is 19.7. The zero-order chi connectivity index (χ0) is 38.0. The van der Waals surface area contributed by atoms with E-state index in [9.17, 15) is 0 Å². The van der Waals surface area contributed by atoms with Crippen LogP contribution in [0.5, 0.6) is 0 Å². The van der Waals surface area contributed by atoms with Crippen molar-refractivity contribution in [2.45, 2.75) is 33.1 Å². The van der Waals surface area contributed by atoms with Gasteiger partial charge in [-0.3, -0.25) is 0 Å². The average Bonchev–Trinajstić information content (AvgIpc) is 3.73. The second-order valence-electron chi connectivity index (χ2n) is 15.5. The normalized spacial score (nSPS) is 13.7. The molecule has 0 unspecified atom stereocenters. The highest BCUT2D eigenvalue weighted by Gasteiger charge is 2.37. The van der Waals surface area contributed by atoms with Gasteiger partial charge in [-0.2, -0.15) is 0 Å². The van der Waals surface area contributed by atoms with Gasteiger partial charge in [0.2, 0.25) is 0 Å². The van der Waals surface area contributed by atoms with Gasteiger partial charge < -0.3 is 4.42 Å². The molecule has 0 aliphatic heterocycles. The topological polar surface area (TPSA) is 13.1 Å². The minimum absolute atomic E-state index is 0.138. The maximum absolute atomic E-state index is 6.27. The molecule has 1 aliphatic carbocycles. The molecule has 0 bridgehead atoms. The van der Waals surface area contributed by atoms with Crippen LogP contribution in [0.15, 0.2) is 174 Å². The third kappa shape index (κ3) is 5.30. The molecule has 0 saturated carbocycles. The Morgan fingerprint density at radius 1 is 0.411 bits per heavy atom. The summed E-state index contributed by atoms with van der Waals surface area (Å²) in [6, 6.07) is 62.0. The van der Waals surface area contributed by atoms with Crippen LogP contribution in [0.4, 0.5) is 0 Å². The molecule has 1 heteroatoms. The number of fused-ring (bicyclic) bond motifs is 10. The van der Waals surface area contributed by atoms with Crippen molar-refractivity contribution in [2.75, 3.05) is 0 Å². The highest BCUT2D eigenvalue weighted by Crippen LogP contribution is 2.53. The summed E-state index contributed by atoms with van der Waals surface area (Å²) >= 11 is 0. The van der Waals surface area contributed by atoms with E-state index in [2.05, 4.69) is 204 Å². The van der Waals surface area contributed by atoms with Gasteiger partial charge in [0, 0.05) is 16.2 Å². The van der Waals surface area contributed by atoms with E-state index in [-0.39, 0.29) is 5.41 Å². The lowest BCUT2D eigenvalue weighted by atomic mass is 9.79. The first-order valence-electron chi connectivity index (χ1n) is 19.7. The van der Waals surface area contributed by atoms with Crippen molar-refractivity contribution in [3.05, 3.63) is 191 Å². The fourth-order valence-corrected chi connectivity index (χ4v) is 9.39. The molecule has 0 atom stereocenters. The van der Waals surface area contributed by atoms with Crippen LogP contribution >= 0.6 is 0 Å². The fourth-order valence-electron chi connectivity index (χ4n) is 9.39. The quantitative estimate of drug-likeness (QED) is 0.177. The molecule has 0 N–H and O–H groups in total. The first-order chi connectivity index (χ1) is 27.4. The summed E-state index contributed by atoms with van der Waals surface area (Å²) in [5.41, 5.74) is 14.4. The molecule has 0 radical (unpaired) electrons. The van der Waals surface area contributed by atoms with Crippen molar-refractivity contribution in [2.24, 2.45) is 0 Å². The van der Waals surface area contributed by atoms with E-state index in [4.69, 9.17) is 4.42 Å². The molecule has 9 aromatic rings. The van der Waals surface area contributed by atoms with E-state index >= 15 is 0 Å². The molecular weight excluding hydrogens is 677 g/mol. The SMILES string of the molecule is C/C=c1/c(-c2ccccc2)ccccccc(-c2ccc3cc(-c4ccc5c(c4)-c4ccc6c(ccc7oc8ccccc8c76)c4C5(C)C)ccc3c2)/c1=C/C. The van der Waals surface area contributed by atoms with Crippen LogP contribution < -0.4 is 10.4 Å². The minimum atomic E-state index is -0.138. The third-order valence-electron chi connectivity index (χ3n) is 12.0. The van der Waals surface area contributed by atoms with E-state index < -0.39 is 0 Å². The summed E-state index contributed by atoms with van der Waals surface area (Å²) in [5, 5.41) is 9.83. The van der Waals surface area contributed by atoms with Crippen LogP contribution in [0.3, 0.4) is 0 Å². The third-order valence-corrected chi connectivity index (χ3v) is 12.0. The van der Waals surface area contributed by atoms with Crippen molar-refractivity contribution < 1.29 is 4.42 Å². The molecule has 268 valence electrons. The Balaban J connectivity index is 1.07. The fraction of sp³-hybridized carbons (Fsp3) is 0.0909. The highest BCUT2D eigenvalue weighted by molar-refractivity contribution is 6.20. The van der Waals surface area contributed by atoms with Crippen LogP contribution in [0.25, 0.3) is 100 Å². The number of furan rings is 1. The average molecular weight is 719 g/mol. The summed E-state index contributed by atoms with van der Waals surface area (Å²) in [7, 11) is 0. The predicted octanol–water partition coefficient (Wildman–Crippen LogP) is 13.9. The van der Waals surface area contributed by atoms with E-state index in [1.54, 1.807) is 0 Å². The van der Waals surface area contributed by atoms with Crippen molar-refractivity contribution in [1.29, 1.82) is 0 Å². The summed E-state index contributed by atoms with van der Waals surface area (Å²) in [4.78, 5) is 0. The van der Waals surface area contributed by atoms with Crippen molar-refractivity contribution in [3.8, 4) is 44.5 Å². The summed E-state index contributed by atoms with van der Waals surface area (Å²) in [5.74, 6) is 0. The van der Waals surface area contributed by atoms with Gasteiger partial charge in [0.15, 0.2) is 0 Å². The zero-order valence-corrected chi connectivity index (χ0v) is 32.2. The van der Waals surface area contributed by atoms with Crippen LogP contribution in [-0.4, -0.2) is 0 Å². The van der Waals surface area contributed by atoms with E-state index in [0.29, 0.717) is 0 Å². The van der Waals surface area contributed by atoms with Crippen LogP contribution in [0, 0.1) is 0 Å². The summed E-state index contributed by atoms with van der Waals surface area (Å²) in [6.45, 7) is 9.04. The molecule has 10 rings (SSSR count). The molecule has 56 heavy (non-hydrogen) atoms. The summed E-state index contributed by atoms with van der Waals surface area (Å²) in [6.07, 6.45) is 4.49. The molecule has 0 saturated heterocycles. The minimum Gasteiger partial charge on any atom is -0.456 e. The molecule has 0 fully saturated rings. The van der Waals surface area contributed by atoms with Gasteiger partial charge >= 0.3 is 0 Å². The van der Waals surface area contributed by atoms with E-state index in [1.165, 1.54) is 98.4 Å². The second kappa shape index (κ2) is 13.3. The molecule has 1 heterocycles. The standard InChI is InChI=1S/C55H42O/c1-5-41-42(6-2)44(19-13-8-7-12-18-43(41)35-16-10-9-11-17-35)40-25-24-36-32-37(22-23-38(36)33-40)39-26-30-50-49(34-39)47-28-27-45-46(54(47)55(50,3)4)29-31-52-53(45)48-20-14-15-21-51(48)56-52/h5-34H,1-4H3/b12-7?,13-8?,41-5+,42-6+,43-18?,44-19?. The number of benzene rings is 7. The Hall–Kier alpha value is -6.70. The van der Waals surface area contributed by atoms with E-state index in [1.807, 2.05) is 6.07 Å². The number of hydrogen-bond acceptors (Lipinski definition) is 1. The van der Waals surface area contributed by atoms with Gasteiger partial charge in [0.05, 0.1) is 0 Å². The lowest BCUT2D eigenvalue weighted by Gasteiger charge is -2.23. The Morgan fingerprint density at radius 2 is 1.00 bits per heavy atom. The first kappa shape index (κ1) is 33.8. The Kier molecular flexibility index (Phi) is 8.01. The highest BCUT2D eigenvalue weighted by atomic mass is 16.3. The van der Waals surface area contributed by atoms with Gasteiger partial charge in [-0.15, -0.1) is 0 Å². The van der Waals surface area contributed by atoms with Gasteiger partial charge in [-0.1, -0.05) is 166 Å². The molecule has 0 amide bonds. The molecular formula is C55H42O. The largest absolute Gasteiger partial charge is 0.456 e. The monoisotopic (exact) mass is 718 g/mol. The number of hydrogen-bond donors (Lipinski definition) is 0. The summed E-state index contributed by atoms with van der Waals surface area (Å²) < 4.78 is 6.27. The Labute approximate surface area is 327 Å². The van der Waals surface area contributed by atoms with Crippen molar-refractivity contribution in [1.82, 2.24) is 0 Å².